The highest BCUT2D eigenvalue weighted by molar-refractivity contribution is 7.92. The summed E-state index contributed by atoms with van der Waals surface area (Å²) < 4.78 is 36.6. The van der Waals surface area contributed by atoms with Crippen LogP contribution in [0.4, 0.5) is 5.69 Å². The maximum absolute atomic E-state index is 12.6. The molecule has 0 aliphatic carbocycles. The van der Waals surface area contributed by atoms with Gasteiger partial charge >= 0.3 is 0 Å². The summed E-state index contributed by atoms with van der Waals surface area (Å²) >= 11 is 18.1. The quantitative estimate of drug-likeness (QED) is 0.614. The molecule has 2 aromatic rings. The minimum atomic E-state index is -3.83. The van der Waals surface area contributed by atoms with E-state index in [1.54, 1.807) is 19.1 Å². The van der Waals surface area contributed by atoms with Crippen molar-refractivity contribution in [3.05, 3.63) is 51.0 Å². The van der Waals surface area contributed by atoms with Gasteiger partial charge in [0.2, 0.25) is 15.9 Å². The number of benzene rings is 2. The topological polar surface area (TPSA) is 84.9 Å². The van der Waals surface area contributed by atoms with Crippen LogP contribution in [-0.4, -0.2) is 40.3 Å². The first-order valence-corrected chi connectivity index (χ1v) is 11.9. The highest BCUT2D eigenvalue weighted by Crippen LogP contribution is 2.36. The Morgan fingerprint density at radius 1 is 1.07 bits per heavy atom. The zero-order chi connectivity index (χ0) is 22.1. The number of nitrogens with zero attached hydrogens (tertiary/aromatic N) is 1. The summed E-state index contributed by atoms with van der Waals surface area (Å²) in [6, 6.07) is 7.59. The predicted octanol–water partition coefficient (Wildman–Crippen LogP) is 4.06. The number of anilines is 1. The van der Waals surface area contributed by atoms with Crippen molar-refractivity contribution in [1.82, 2.24) is 5.32 Å². The average molecular weight is 494 g/mol. The average Bonchev–Trinajstić information content (AvgIpc) is 2.68. The molecule has 0 unspecified atom stereocenters. The van der Waals surface area contributed by atoms with E-state index in [1.165, 1.54) is 12.1 Å². The Kier molecular flexibility index (Phi) is 6.91. The lowest BCUT2D eigenvalue weighted by Crippen LogP contribution is -2.41. The van der Waals surface area contributed by atoms with Crippen molar-refractivity contribution < 1.29 is 22.7 Å². The largest absolute Gasteiger partial charge is 0.486 e. The van der Waals surface area contributed by atoms with Gasteiger partial charge in [-0.25, -0.2) is 8.42 Å². The van der Waals surface area contributed by atoms with Crippen LogP contribution in [-0.2, 0) is 14.8 Å². The summed E-state index contributed by atoms with van der Waals surface area (Å²) in [5, 5.41) is 3.13. The van der Waals surface area contributed by atoms with E-state index in [9.17, 15) is 13.2 Å². The smallest absolute Gasteiger partial charge is 0.241 e. The Morgan fingerprint density at radius 2 is 1.70 bits per heavy atom. The third kappa shape index (κ3) is 5.24. The molecular weight excluding hydrogens is 475 g/mol. The zero-order valence-electron chi connectivity index (χ0n) is 16.1. The van der Waals surface area contributed by atoms with E-state index in [0.717, 1.165) is 16.1 Å². The van der Waals surface area contributed by atoms with Gasteiger partial charge in [0.15, 0.2) is 11.5 Å². The Bertz CT molecular complexity index is 1080. The minimum Gasteiger partial charge on any atom is -0.486 e. The summed E-state index contributed by atoms with van der Waals surface area (Å²) in [4.78, 5) is 12.6. The first kappa shape index (κ1) is 22.8. The van der Waals surface area contributed by atoms with Crippen LogP contribution >= 0.6 is 34.8 Å². The fraction of sp³-hybridized carbons (Fsp3) is 0.316. The van der Waals surface area contributed by atoms with Crippen molar-refractivity contribution >= 4 is 56.4 Å². The van der Waals surface area contributed by atoms with Crippen LogP contribution in [0.1, 0.15) is 18.5 Å². The molecule has 2 aromatic carbocycles. The molecule has 30 heavy (non-hydrogen) atoms. The normalized spacial score (nSPS) is 14.2. The van der Waals surface area contributed by atoms with Crippen LogP contribution in [0.2, 0.25) is 15.1 Å². The van der Waals surface area contributed by atoms with E-state index < -0.39 is 28.5 Å². The molecule has 0 fully saturated rings. The second kappa shape index (κ2) is 9.09. The van der Waals surface area contributed by atoms with Crippen LogP contribution < -0.4 is 19.1 Å². The SMILES string of the molecule is C[C@H](NC(=O)CN(c1cc(Cl)c(Cl)cc1Cl)S(C)(=O)=O)c1ccc2c(c1)OCCO2. The zero-order valence-corrected chi connectivity index (χ0v) is 19.2. The van der Waals surface area contributed by atoms with Gasteiger partial charge in [0.25, 0.3) is 0 Å². The second-order valence-corrected chi connectivity index (χ2v) is 9.81. The molecular formula is C19H19Cl3N2O5S. The standard InChI is InChI=1S/C19H19Cl3N2O5S/c1-11(12-3-4-17-18(7-12)29-6-5-28-17)23-19(25)10-24(30(2,26)27)16-9-14(21)13(20)8-15(16)22/h3-4,7-9,11H,5-6,10H2,1-2H3,(H,23,25)/t11-/m0/s1. The van der Waals surface area contributed by atoms with E-state index in [1.807, 2.05) is 6.07 Å². The lowest BCUT2D eigenvalue weighted by molar-refractivity contribution is -0.120. The number of amides is 1. The third-order valence-electron chi connectivity index (χ3n) is 4.39. The molecule has 1 aliphatic rings. The summed E-state index contributed by atoms with van der Waals surface area (Å²) in [7, 11) is -3.83. The maximum atomic E-state index is 12.6. The molecule has 0 spiro atoms. The van der Waals surface area contributed by atoms with Crippen molar-refractivity contribution in [2.75, 3.05) is 30.3 Å². The Balaban J connectivity index is 1.78. The van der Waals surface area contributed by atoms with Gasteiger partial charge in [-0.3, -0.25) is 9.10 Å². The molecule has 0 saturated carbocycles. The molecule has 0 aromatic heterocycles. The van der Waals surface area contributed by atoms with Gasteiger partial charge in [-0.2, -0.15) is 0 Å². The highest BCUT2D eigenvalue weighted by atomic mass is 35.5. The number of carbonyl (C=O) groups is 1. The molecule has 0 bridgehead atoms. The summed E-state index contributed by atoms with van der Waals surface area (Å²) in [6.45, 7) is 2.23. The molecule has 1 heterocycles. The molecule has 0 radical (unpaired) electrons. The van der Waals surface area contributed by atoms with Crippen molar-refractivity contribution in [2.45, 2.75) is 13.0 Å². The van der Waals surface area contributed by atoms with E-state index >= 15 is 0 Å². The number of ether oxygens (including phenoxy) is 2. The van der Waals surface area contributed by atoms with Gasteiger partial charge in [-0.05, 0) is 36.8 Å². The Hall–Kier alpha value is -1.87. The van der Waals surface area contributed by atoms with Gasteiger partial charge in [-0.15, -0.1) is 0 Å². The van der Waals surface area contributed by atoms with Crippen LogP contribution in [0.3, 0.4) is 0 Å². The van der Waals surface area contributed by atoms with Crippen LogP contribution in [0.5, 0.6) is 11.5 Å². The van der Waals surface area contributed by atoms with Gasteiger partial charge in [0.05, 0.1) is 33.1 Å². The number of halogens is 3. The Morgan fingerprint density at radius 3 is 2.37 bits per heavy atom. The number of fused-ring (bicyclic) bond motifs is 1. The molecule has 1 aliphatic heterocycles. The highest BCUT2D eigenvalue weighted by Gasteiger charge is 2.25. The first-order valence-electron chi connectivity index (χ1n) is 8.87. The number of hydrogen-bond acceptors (Lipinski definition) is 5. The number of nitrogens with one attached hydrogen (secondary N) is 1. The monoisotopic (exact) mass is 492 g/mol. The van der Waals surface area contributed by atoms with Crippen LogP contribution in [0.25, 0.3) is 0 Å². The minimum absolute atomic E-state index is 0.0579. The molecule has 1 N–H and O–H groups in total. The molecule has 3 rings (SSSR count). The number of hydrogen-bond donors (Lipinski definition) is 1. The lowest BCUT2D eigenvalue weighted by Gasteiger charge is -2.25. The van der Waals surface area contributed by atoms with Gasteiger partial charge in [-0.1, -0.05) is 40.9 Å². The van der Waals surface area contributed by atoms with E-state index in [4.69, 9.17) is 44.3 Å². The summed E-state index contributed by atoms with van der Waals surface area (Å²) in [5.74, 6) is 0.714. The van der Waals surface area contributed by atoms with Crippen molar-refractivity contribution in [2.24, 2.45) is 0 Å². The van der Waals surface area contributed by atoms with Crippen molar-refractivity contribution in [1.29, 1.82) is 0 Å². The molecule has 7 nitrogen and oxygen atoms in total. The van der Waals surface area contributed by atoms with Crippen LogP contribution in [0.15, 0.2) is 30.3 Å². The number of carbonyl (C=O) groups excluding carboxylic acids is 1. The van der Waals surface area contributed by atoms with Gasteiger partial charge in [0.1, 0.15) is 19.8 Å². The molecule has 0 saturated heterocycles. The van der Waals surface area contributed by atoms with Crippen molar-refractivity contribution in [3.63, 3.8) is 0 Å². The number of rotatable bonds is 6. The molecule has 1 amide bonds. The van der Waals surface area contributed by atoms with Crippen LogP contribution in [0, 0.1) is 0 Å². The van der Waals surface area contributed by atoms with Gasteiger partial charge in [0, 0.05) is 0 Å². The Labute approximate surface area is 189 Å². The summed E-state index contributed by atoms with van der Waals surface area (Å²) in [5.41, 5.74) is 0.849. The number of sulfonamides is 1. The maximum Gasteiger partial charge on any atom is 0.241 e. The van der Waals surface area contributed by atoms with E-state index in [0.29, 0.717) is 24.7 Å². The fourth-order valence-electron chi connectivity index (χ4n) is 2.91. The first-order chi connectivity index (χ1) is 14.1. The lowest BCUT2D eigenvalue weighted by atomic mass is 10.1. The molecule has 162 valence electrons. The second-order valence-electron chi connectivity index (χ2n) is 6.68. The fourth-order valence-corrected chi connectivity index (χ4v) is 4.47. The third-order valence-corrected chi connectivity index (χ3v) is 6.54. The van der Waals surface area contributed by atoms with Gasteiger partial charge < -0.3 is 14.8 Å². The molecule has 1 atom stereocenters. The molecule has 11 heteroatoms. The van der Waals surface area contributed by atoms with Crippen molar-refractivity contribution in [3.8, 4) is 11.5 Å². The summed E-state index contributed by atoms with van der Waals surface area (Å²) in [6.07, 6.45) is 0.976. The van der Waals surface area contributed by atoms with E-state index in [-0.39, 0.29) is 20.8 Å². The van der Waals surface area contributed by atoms with E-state index in [2.05, 4.69) is 5.32 Å². The predicted molar refractivity (Wildman–Crippen MR) is 118 cm³/mol.